The lowest BCUT2D eigenvalue weighted by molar-refractivity contribution is 0.482. The molecule has 0 aliphatic carbocycles. The molecule has 0 aromatic carbocycles. The van der Waals surface area contributed by atoms with Crippen LogP contribution in [0.4, 0.5) is 5.82 Å². The van der Waals surface area contributed by atoms with Gasteiger partial charge in [-0.1, -0.05) is 0 Å². The van der Waals surface area contributed by atoms with Gasteiger partial charge in [0.05, 0.1) is 4.47 Å². The first kappa shape index (κ1) is 10.9. The summed E-state index contributed by atoms with van der Waals surface area (Å²) in [5.41, 5.74) is 1.19. The Morgan fingerprint density at radius 3 is 3.07 bits per heavy atom. The largest absolute Gasteiger partial charge is 0.353 e. The summed E-state index contributed by atoms with van der Waals surface area (Å²) in [6.45, 7) is 7.34. The van der Waals surface area contributed by atoms with Gasteiger partial charge in [-0.3, -0.25) is 0 Å². The van der Waals surface area contributed by atoms with Crippen LogP contribution in [0.3, 0.4) is 0 Å². The molecule has 15 heavy (non-hydrogen) atoms. The Kier molecular flexibility index (Phi) is 3.26. The van der Waals surface area contributed by atoms with Crippen LogP contribution in [0.15, 0.2) is 16.7 Å². The van der Waals surface area contributed by atoms with E-state index in [-0.39, 0.29) is 0 Å². The number of nitrogens with one attached hydrogen (secondary N) is 1. The van der Waals surface area contributed by atoms with E-state index in [9.17, 15) is 0 Å². The third-order valence-electron chi connectivity index (χ3n) is 2.63. The number of halogens is 1. The van der Waals surface area contributed by atoms with Crippen molar-refractivity contribution in [3.8, 4) is 0 Å². The highest BCUT2D eigenvalue weighted by Gasteiger charge is 2.18. The zero-order valence-corrected chi connectivity index (χ0v) is 10.7. The number of piperazine rings is 1. The molecule has 1 aliphatic heterocycles. The van der Waals surface area contributed by atoms with Crippen LogP contribution in [0.25, 0.3) is 0 Å². The van der Waals surface area contributed by atoms with Gasteiger partial charge in [0.2, 0.25) is 0 Å². The molecule has 0 saturated carbocycles. The van der Waals surface area contributed by atoms with E-state index < -0.39 is 0 Å². The van der Waals surface area contributed by atoms with Crippen molar-refractivity contribution in [2.24, 2.45) is 0 Å². The highest BCUT2D eigenvalue weighted by atomic mass is 79.9. The fourth-order valence-electron chi connectivity index (χ4n) is 1.88. The Hall–Kier alpha value is -0.610. The van der Waals surface area contributed by atoms with E-state index in [4.69, 9.17) is 0 Å². The quantitative estimate of drug-likeness (QED) is 0.845. The third kappa shape index (κ3) is 2.49. The maximum atomic E-state index is 4.49. The average Bonchev–Trinajstić information content (AvgIpc) is 2.17. The molecule has 82 valence electrons. The van der Waals surface area contributed by atoms with Gasteiger partial charge in [0.15, 0.2) is 0 Å². The maximum absolute atomic E-state index is 4.49. The standard InChI is InChI=1S/C11H16BrN3/c1-8-5-10(12)11(14-6-8)15-4-3-13-9(2)7-15/h5-6,9,13H,3-4,7H2,1-2H3/t9-/m1/s1. The Bertz CT molecular complexity index is 354. The van der Waals surface area contributed by atoms with E-state index in [1.165, 1.54) is 5.56 Å². The monoisotopic (exact) mass is 269 g/mol. The summed E-state index contributed by atoms with van der Waals surface area (Å²) in [4.78, 5) is 6.81. The maximum Gasteiger partial charge on any atom is 0.142 e. The molecule has 0 unspecified atom stereocenters. The topological polar surface area (TPSA) is 28.2 Å². The molecule has 1 atom stereocenters. The van der Waals surface area contributed by atoms with Crippen LogP contribution in [-0.2, 0) is 0 Å². The highest BCUT2D eigenvalue weighted by Crippen LogP contribution is 2.25. The molecule has 0 bridgehead atoms. The molecule has 3 nitrogen and oxygen atoms in total. The number of rotatable bonds is 1. The number of hydrogen-bond acceptors (Lipinski definition) is 3. The van der Waals surface area contributed by atoms with Crippen LogP contribution in [0, 0.1) is 6.92 Å². The zero-order chi connectivity index (χ0) is 10.8. The third-order valence-corrected chi connectivity index (χ3v) is 3.21. The number of anilines is 1. The van der Waals surface area contributed by atoms with Gasteiger partial charge in [0.25, 0.3) is 0 Å². The first-order valence-corrected chi connectivity index (χ1v) is 6.06. The zero-order valence-electron chi connectivity index (χ0n) is 9.13. The van der Waals surface area contributed by atoms with Gasteiger partial charge in [-0.25, -0.2) is 4.98 Å². The minimum absolute atomic E-state index is 0.536. The van der Waals surface area contributed by atoms with E-state index in [2.05, 4.69) is 51.0 Å². The predicted octanol–water partition coefficient (Wildman–Crippen LogP) is 1.95. The molecular formula is C11H16BrN3. The number of nitrogens with zero attached hydrogens (tertiary/aromatic N) is 2. The lowest BCUT2D eigenvalue weighted by Gasteiger charge is -2.33. The van der Waals surface area contributed by atoms with Gasteiger partial charge in [-0.05, 0) is 41.4 Å². The van der Waals surface area contributed by atoms with Crippen molar-refractivity contribution in [3.05, 3.63) is 22.3 Å². The summed E-state index contributed by atoms with van der Waals surface area (Å²) in [6, 6.07) is 2.66. The summed E-state index contributed by atoms with van der Waals surface area (Å²) in [5, 5.41) is 3.43. The second kappa shape index (κ2) is 4.49. The smallest absolute Gasteiger partial charge is 0.142 e. The summed E-state index contributed by atoms with van der Waals surface area (Å²) < 4.78 is 1.09. The number of aromatic nitrogens is 1. The van der Waals surface area contributed by atoms with E-state index in [1.807, 2.05) is 6.20 Å². The molecule has 1 fully saturated rings. The molecule has 2 rings (SSSR count). The van der Waals surface area contributed by atoms with E-state index in [0.717, 1.165) is 29.9 Å². The van der Waals surface area contributed by atoms with Crippen molar-refractivity contribution < 1.29 is 0 Å². The first-order valence-electron chi connectivity index (χ1n) is 5.27. The summed E-state index contributed by atoms with van der Waals surface area (Å²) in [5.74, 6) is 1.06. The fraction of sp³-hybridized carbons (Fsp3) is 0.545. The molecule has 4 heteroatoms. The van der Waals surface area contributed by atoms with Crippen LogP contribution in [0.1, 0.15) is 12.5 Å². The Labute approximate surface area is 99.0 Å². The number of aryl methyl sites for hydroxylation is 1. The van der Waals surface area contributed by atoms with E-state index >= 15 is 0 Å². The molecule has 1 aromatic heterocycles. The first-order chi connectivity index (χ1) is 7.16. The van der Waals surface area contributed by atoms with Gasteiger partial charge < -0.3 is 10.2 Å². The van der Waals surface area contributed by atoms with Crippen molar-refractivity contribution in [2.75, 3.05) is 24.5 Å². The second-order valence-electron chi connectivity index (χ2n) is 4.12. The van der Waals surface area contributed by atoms with Crippen LogP contribution < -0.4 is 10.2 Å². The number of pyridine rings is 1. The van der Waals surface area contributed by atoms with Gasteiger partial charge in [-0.15, -0.1) is 0 Å². The lowest BCUT2D eigenvalue weighted by atomic mass is 10.2. The van der Waals surface area contributed by atoms with Crippen LogP contribution in [-0.4, -0.2) is 30.7 Å². The van der Waals surface area contributed by atoms with Gasteiger partial charge in [0, 0.05) is 31.9 Å². The van der Waals surface area contributed by atoms with Crippen molar-refractivity contribution >= 4 is 21.7 Å². The van der Waals surface area contributed by atoms with Crippen molar-refractivity contribution in [2.45, 2.75) is 19.9 Å². The predicted molar refractivity (Wildman–Crippen MR) is 66.4 cm³/mol. The highest BCUT2D eigenvalue weighted by molar-refractivity contribution is 9.10. The molecule has 2 heterocycles. The Morgan fingerprint density at radius 1 is 1.60 bits per heavy atom. The van der Waals surface area contributed by atoms with Gasteiger partial charge in [-0.2, -0.15) is 0 Å². The summed E-state index contributed by atoms with van der Waals surface area (Å²) >= 11 is 3.58. The fourth-order valence-corrected chi connectivity index (χ4v) is 2.60. The van der Waals surface area contributed by atoms with Crippen LogP contribution in [0.2, 0.25) is 0 Å². The van der Waals surface area contributed by atoms with Gasteiger partial charge in [0.1, 0.15) is 5.82 Å². The molecule has 0 radical (unpaired) electrons. The molecule has 0 amide bonds. The molecule has 0 spiro atoms. The lowest BCUT2D eigenvalue weighted by Crippen LogP contribution is -2.49. The molecule has 1 N–H and O–H groups in total. The summed E-state index contributed by atoms with van der Waals surface area (Å²) in [7, 11) is 0. The van der Waals surface area contributed by atoms with Crippen LogP contribution in [0.5, 0.6) is 0 Å². The molecule has 1 aliphatic rings. The Morgan fingerprint density at radius 2 is 2.40 bits per heavy atom. The van der Waals surface area contributed by atoms with Gasteiger partial charge >= 0.3 is 0 Å². The number of hydrogen-bond donors (Lipinski definition) is 1. The average molecular weight is 270 g/mol. The minimum atomic E-state index is 0.536. The van der Waals surface area contributed by atoms with Crippen LogP contribution >= 0.6 is 15.9 Å². The molecular weight excluding hydrogens is 254 g/mol. The normalized spacial score (nSPS) is 21.8. The Balaban J connectivity index is 2.21. The van der Waals surface area contributed by atoms with Crippen molar-refractivity contribution in [3.63, 3.8) is 0 Å². The van der Waals surface area contributed by atoms with Crippen molar-refractivity contribution in [1.29, 1.82) is 0 Å². The van der Waals surface area contributed by atoms with E-state index in [1.54, 1.807) is 0 Å². The molecule has 1 aromatic rings. The SMILES string of the molecule is Cc1cnc(N2CCN[C@H](C)C2)c(Br)c1. The van der Waals surface area contributed by atoms with Crippen molar-refractivity contribution in [1.82, 2.24) is 10.3 Å². The second-order valence-corrected chi connectivity index (χ2v) is 4.97. The minimum Gasteiger partial charge on any atom is -0.353 e. The van der Waals surface area contributed by atoms with E-state index in [0.29, 0.717) is 6.04 Å². The molecule has 1 saturated heterocycles. The summed E-state index contributed by atoms with van der Waals surface area (Å²) in [6.07, 6.45) is 1.92.